The molecule has 1 fully saturated rings. The molecule has 1 aliphatic heterocycles. The Morgan fingerprint density at radius 3 is 2.88 bits per heavy atom. The van der Waals surface area contributed by atoms with E-state index in [9.17, 15) is 4.79 Å². The summed E-state index contributed by atoms with van der Waals surface area (Å²) in [6, 6.07) is 10.0. The summed E-state index contributed by atoms with van der Waals surface area (Å²) in [6.07, 6.45) is 2.80. The van der Waals surface area contributed by atoms with Gasteiger partial charge >= 0.3 is 0 Å². The number of benzene rings is 1. The predicted molar refractivity (Wildman–Crippen MR) is 99.5 cm³/mol. The number of carbonyl (C=O) groups excluding carboxylic acids is 1. The second kappa shape index (κ2) is 8.54. The van der Waals surface area contributed by atoms with Crippen LogP contribution in [-0.4, -0.2) is 30.4 Å². The smallest absolute Gasteiger partial charge is 0.223 e. The molecule has 2 unspecified atom stereocenters. The van der Waals surface area contributed by atoms with Crippen molar-refractivity contribution in [2.45, 2.75) is 39.2 Å². The van der Waals surface area contributed by atoms with Crippen LogP contribution in [0.4, 0.5) is 0 Å². The first-order valence-corrected chi connectivity index (χ1v) is 8.67. The number of fused-ring (bicyclic) bond motifs is 1. The molecule has 0 radical (unpaired) electrons. The van der Waals surface area contributed by atoms with E-state index >= 15 is 0 Å². The van der Waals surface area contributed by atoms with E-state index in [0.29, 0.717) is 18.9 Å². The summed E-state index contributed by atoms with van der Waals surface area (Å²) < 4.78 is 5.94. The molecule has 1 aromatic heterocycles. The average molecular weight is 351 g/mol. The van der Waals surface area contributed by atoms with Gasteiger partial charge in [-0.15, -0.1) is 12.4 Å². The van der Waals surface area contributed by atoms with E-state index in [2.05, 4.69) is 18.3 Å². The van der Waals surface area contributed by atoms with Gasteiger partial charge in [0.2, 0.25) is 5.91 Å². The first-order valence-electron chi connectivity index (χ1n) is 8.67. The SMILES string of the molecule is CCN(C(=O)CCC1CCNC1)C(C)c1cc2ccccc2o1.Cl. The molecule has 2 aromatic rings. The summed E-state index contributed by atoms with van der Waals surface area (Å²) in [7, 11) is 0. The Morgan fingerprint density at radius 1 is 1.42 bits per heavy atom. The predicted octanol–water partition coefficient (Wildman–Crippen LogP) is 4.15. The third-order valence-corrected chi connectivity index (χ3v) is 4.91. The van der Waals surface area contributed by atoms with Crippen molar-refractivity contribution in [2.75, 3.05) is 19.6 Å². The quantitative estimate of drug-likeness (QED) is 0.851. The van der Waals surface area contributed by atoms with Gasteiger partial charge in [0.15, 0.2) is 0 Å². The van der Waals surface area contributed by atoms with Crippen LogP contribution in [0.5, 0.6) is 0 Å². The van der Waals surface area contributed by atoms with E-state index in [1.807, 2.05) is 36.1 Å². The van der Waals surface area contributed by atoms with Crippen LogP contribution in [0, 0.1) is 5.92 Å². The van der Waals surface area contributed by atoms with Crippen molar-refractivity contribution in [3.63, 3.8) is 0 Å². The Labute approximate surface area is 150 Å². The molecule has 3 rings (SSSR count). The molecule has 0 bridgehead atoms. The van der Waals surface area contributed by atoms with E-state index in [0.717, 1.165) is 36.2 Å². The van der Waals surface area contributed by atoms with Crippen LogP contribution in [0.1, 0.15) is 44.9 Å². The van der Waals surface area contributed by atoms with Gasteiger partial charge in [0.1, 0.15) is 11.3 Å². The van der Waals surface area contributed by atoms with Crippen molar-refractivity contribution in [1.29, 1.82) is 0 Å². The van der Waals surface area contributed by atoms with Crippen molar-refractivity contribution < 1.29 is 9.21 Å². The largest absolute Gasteiger partial charge is 0.459 e. The zero-order chi connectivity index (χ0) is 16.2. The molecule has 1 N–H and O–H groups in total. The fourth-order valence-electron chi connectivity index (χ4n) is 3.46. The lowest BCUT2D eigenvalue weighted by Crippen LogP contribution is -2.33. The monoisotopic (exact) mass is 350 g/mol. The molecule has 2 heterocycles. The number of rotatable bonds is 6. The second-order valence-corrected chi connectivity index (χ2v) is 6.44. The Hall–Kier alpha value is -1.52. The highest BCUT2D eigenvalue weighted by molar-refractivity contribution is 5.85. The lowest BCUT2D eigenvalue weighted by atomic mass is 10.0. The van der Waals surface area contributed by atoms with E-state index in [-0.39, 0.29) is 24.4 Å². The standard InChI is InChI=1S/C19H26N2O2.ClH/c1-3-21(19(22)9-8-15-10-11-20-13-15)14(2)18-12-16-6-4-5-7-17(16)23-18;/h4-7,12,14-15,20H,3,8-11,13H2,1-2H3;1H. The molecule has 0 aliphatic carbocycles. The number of halogens is 1. The Bertz CT molecular complexity index is 631. The number of hydrogen-bond donors (Lipinski definition) is 1. The topological polar surface area (TPSA) is 45.5 Å². The molecular weight excluding hydrogens is 324 g/mol. The molecule has 132 valence electrons. The third kappa shape index (κ3) is 4.11. The summed E-state index contributed by atoms with van der Waals surface area (Å²) in [6.45, 7) is 6.94. The fraction of sp³-hybridized carbons (Fsp3) is 0.526. The molecule has 1 aromatic carbocycles. The highest BCUT2D eigenvalue weighted by Gasteiger charge is 2.24. The van der Waals surface area contributed by atoms with Gasteiger partial charge in [-0.1, -0.05) is 18.2 Å². The Kier molecular flexibility index (Phi) is 6.69. The maximum Gasteiger partial charge on any atom is 0.223 e. The van der Waals surface area contributed by atoms with Gasteiger partial charge in [0.05, 0.1) is 6.04 Å². The molecule has 1 saturated heterocycles. The summed E-state index contributed by atoms with van der Waals surface area (Å²) in [5.74, 6) is 1.75. The van der Waals surface area contributed by atoms with Crippen LogP contribution in [0.3, 0.4) is 0 Å². The molecule has 0 saturated carbocycles. The highest BCUT2D eigenvalue weighted by atomic mass is 35.5. The van der Waals surface area contributed by atoms with E-state index < -0.39 is 0 Å². The maximum absolute atomic E-state index is 12.6. The third-order valence-electron chi connectivity index (χ3n) is 4.91. The molecule has 2 atom stereocenters. The summed E-state index contributed by atoms with van der Waals surface area (Å²) >= 11 is 0. The van der Waals surface area contributed by atoms with Gasteiger partial charge in [0, 0.05) is 18.4 Å². The van der Waals surface area contributed by atoms with Gasteiger partial charge in [-0.3, -0.25) is 4.79 Å². The lowest BCUT2D eigenvalue weighted by Gasteiger charge is -2.27. The highest BCUT2D eigenvalue weighted by Crippen LogP contribution is 2.28. The van der Waals surface area contributed by atoms with Crippen LogP contribution in [0.2, 0.25) is 0 Å². The van der Waals surface area contributed by atoms with Crippen LogP contribution >= 0.6 is 12.4 Å². The van der Waals surface area contributed by atoms with Gasteiger partial charge in [-0.05, 0) is 57.8 Å². The van der Waals surface area contributed by atoms with Crippen LogP contribution in [0.25, 0.3) is 11.0 Å². The zero-order valence-corrected chi connectivity index (χ0v) is 15.3. The molecule has 4 nitrogen and oxygen atoms in total. The molecular formula is C19H27ClN2O2. The number of carbonyl (C=O) groups is 1. The Balaban J connectivity index is 0.00000208. The average Bonchev–Trinajstić information content (AvgIpc) is 3.22. The van der Waals surface area contributed by atoms with Crippen molar-refractivity contribution in [1.82, 2.24) is 10.2 Å². The molecule has 5 heteroatoms. The summed E-state index contributed by atoms with van der Waals surface area (Å²) in [4.78, 5) is 14.6. The second-order valence-electron chi connectivity index (χ2n) is 6.44. The summed E-state index contributed by atoms with van der Waals surface area (Å²) in [5.41, 5.74) is 0.884. The van der Waals surface area contributed by atoms with E-state index in [1.165, 1.54) is 6.42 Å². The Morgan fingerprint density at radius 2 is 2.21 bits per heavy atom. The van der Waals surface area contributed by atoms with Crippen LogP contribution < -0.4 is 5.32 Å². The van der Waals surface area contributed by atoms with Crippen molar-refractivity contribution in [2.24, 2.45) is 5.92 Å². The van der Waals surface area contributed by atoms with Crippen LogP contribution in [-0.2, 0) is 4.79 Å². The maximum atomic E-state index is 12.6. The van der Waals surface area contributed by atoms with E-state index in [4.69, 9.17) is 4.42 Å². The van der Waals surface area contributed by atoms with Gasteiger partial charge < -0.3 is 14.6 Å². The number of furan rings is 1. The molecule has 24 heavy (non-hydrogen) atoms. The molecule has 0 spiro atoms. The first-order chi connectivity index (χ1) is 11.2. The van der Waals surface area contributed by atoms with E-state index in [1.54, 1.807) is 0 Å². The van der Waals surface area contributed by atoms with Crippen molar-refractivity contribution >= 4 is 29.3 Å². The van der Waals surface area contributed by atoms with Crippen LogP contribution in [0.15, 0.2) is 34.7 Å². The first kappa shape index (κ1) is 18.8. The van der Waals surface area contributed by atoms with Gasteiger partial charge in [0.25, 0.3) is 0 Å². The lowest BCUT2D eigenvalue weighted by molar-refractivity contribution is -0.133. The minimum atomic E-state index is -0.0263. The zero-order valence-electron chi connectivity index (χ0n) is 14.5. The number of para-hydroxylation sites is 1. The van der Waals surface area contributed by atoms with Crippen molar-refractivity contribution in [3.05, 3.63) is 36.1 Å². The van der Waals surface area contributed by atoms with Gasteiger partial charge in [-0.25, -0.2) is 0 Å². The number of amides is 1. The van der Waals surface area contributed by atoms with Crippen molar-refractivity contribution in [3.8, 4) is 0 Å². The van der Waals surface area contributed by atoms with Gasteiger partial charge in [-0.2, -0.15) is 0 Å². The number of nitrogens with zero attached hydrogens (tertiary/aromatic N) is 1. The normalized spacial score (nSPS) is 18.3. The fourth-order valence-corrected chi connectivity index (χ4v) is 3.46. The molecule has 1 aliphatic rings. The molecule has 1 amide bonds. The summed E-state index contributed by atoms with van der Waals surface area (Å²) in [5, 5.41) is 4.46. The number of nitrogens with one attached hydrogen (secondary N) is 1. The minimum Gasteiger partial charge on any atom is -0.459 e. The minimum absolute atomic E-state index is 0. The number of hydrogen-bond acceptors (Lipinski definition) is 3.